The van der Waals surface area contributed by atoms with Crippen molar-refractivity contribution in [1.82, 2.24) is 9.88 Å². The van der Waals surface area contributed by atoms with E-state index in [0.717, 1.165) is 34.3 Å². The van der Waals surface area contributed by atoms with Crippen LogP contribution >= 0.6 is 23.8 Å². The maximum Gasteiger partial charge on any atom is 0.416 e. The molecule has 1 aliphatic heterocycles. The number of halogens is 5. The van der Waals surface area contributed by atoms with Gasteiger partial charge in [-0.05, 0) is 84.4 Å². The molecule has 0 fully saturated rings. The van der Waals surface area contributed by atoms with E-state index in [0.29, 0.717) is 29.3 Å². The highest BCUT2D eigenvalue weighted by atomic mass is 35.5. The zero-order chi connectivity index (χ0) is 24.0. The second-order valence-electron chi connectivity index (χ2n) is 7.99. The number of hydrogen-bond acceptors (Lipinski definition) is 2. The number of H-pyrrole nitrogens is 1. The highest BCUT2D eigenvalue weighted by Crippen LogP contribution is 2.40. The maximum absolute atomic E-state index is 13.3. The van der Waals surface area contributed by atoms with Gasteiger partial charge in [-0.3, -0.25) is 0 Å². The number of hydrogen-bond donors (Lipinski definition) is 1. The number of aromatic amines is 1. The summed E-state index contributed by atoms with van der Waals surface area (Å²) < 4.78 is 58.6. The van der Waals surface area contributed by atoms with Gasteiger partial charge >= 0.3 is 6.18 Å². The van der Waals surface area contributed by atoms with Crippen molar-refractivity contribution in [3.8, 4) is 5.75 Å². The first-order chi connectivity index (χ1) is 16.2. The third kappa shape index (κ3) is 4.23. The van der Waals surface area contributed by atoms with Crippen LogP contribution in [-0.2, 0) is 12.6 Å². The smallest absolute Gasteiger partial charge is 0.416 e. The Labute approximate surface area is 202 Å². The van der Waals surface area contributed by atoms with Crippen molar-refractivity contribution in [1.29, 1.82) is 0 Å². The van der Waals surface area contributed by atoms with Crippen molar-refractivity contribution in [3.05, 3.63) is 100.0 Å². The summed E-state index contributed by atoms with van der Waals surface area (Å²) in [5.74, 6) is -0.0351. The molecule has 0 aliphatic carbocycles. The molecule has 0 saturated heterocycles. The van der Waals surface area contributed by atoms with Crippen molar-refractivity contribution < 1.29 is 22.3 Å². The largest absolute Gasteiger partial charge is 0.432 e. The first-order valence-corrected chi connectivity index (χ1v) is 11.2. The predicted octanol–water partition coefficient (Wildman–Crippen LogP) is 7.29. The summed E-state index contributed by atoms with van der Waals surface area (Å²) >= 11 is 11.8. The zero-order valence-electron chi connectivity index (χ0n) is 17.5. The molecule has 4 aromatic rings. The quantitative estimate of drug-likeness (QED) is 0.229. The van der Waals surface area contributed by atoms with E-state index in [1.54, 1.807) is 6.07 Å². The van der Waals surface area contributed by atoms with Crippen molar-refractivity contribution >= 4 is 39.9 Å². The van der Waals surface area contributed by atoms with Crippen molar-refractivity contribution in [2.24, 2.45) is 0 Å². The summed E-state index contributed by atoms with van der Waals surface area (Å²) in [5.41, 5.74) is 2.61. The van der Waals surface area contributed by atoms with Gasteiger partial charge in [0.25, 0.3) is 5.17 Å². The summed E-state index contributed by atoms with van der Waals surface area (Å²) in [6.45, 7) is 0.470. The molecule has 3 aromatic carbocycles. The van der Waals surface area contributed by atoms with Gasteiger partial charge in [-0.2, -0.15) is 13.2 Å². The third-order valence-corrected chi connectivity index (χ3v) is 6.45. The molecule has 1 N–H and O–H groups in total. The third-order valence-electron chi connectivity index (χ3n) is 5.90. The van der Waals surface area contributed by atoms with Gasteiger partial charge in [0.1, 0.15) is 11.6 Å². The molecule has 1 atom stereocenters. The van der Waals surface area contributed by atoms with Crippen LogP contribution in [0.5, 0.6) is 5.75 Å². The maximum atomic E-state index is 13.3. The minimum atomic E-state index is -4.44. The normalized spacial score (nSPS) is 15.9. The highest BCUT2D eigenvalue weighted by molar-refractivity contribution is 7.80. The molecule has 2 heterocycles. The second kappa shape index (κ2) is 8.60. The minimum Gasteiger partial charge on any atom is -0.432 e. The number of benzene rings is 3. The van der Waals surface area contributed by atoms with E-state index in [1.165, 1.54) is 36.4 Å². The van der Waals surface area contributed by atoms with Crippen LogP contribution in [-0.4, -0.2) is 21.6 Å². The Bertz CT molecular complexity index is 1370. The molecule has 174 valence electrons. The molecular formula is C25H17ClF4N2OS. The van der Waals surface area contributed by atoms with Gasteiger partial charge in [-0.25, -0.2) is 4.39 Å². The van der Waals surface area contributed by atoms with E-state index < -0.39 is 23.6 Å². The summed E-state index contributed by atoms with van der Waals surface area (Å²) in [6.07, 6.45) is -3.81. The lowest BCUT2D eigenvalue weighted by Crippen LogP contribution is -2.42. The van der Waals surface area contributed by atoms with Crippen LogP contribution in [0.3, 0.4) is 0 Å². The summed E-state index contributed by atoms with van der Waals surface area (Å²) in [6, 6.07) is 15.5. The molecule has 0 amide bonds. The molecule has 5 rings (SSSR count). The number of nitrogens with zero attached hydrogens (tertiary/aromatic N) is 1. The fraction of sp³-hybridized carbons (Fsp3) is 0.160. The Kier molecular flexibility index (Phi) is 5.73. The topological polar surface area (TPSA) is 28.3 Å². The standard InChI is InChI=1S/C25H17ClF4N2OS/c26-16-5-10-21-20(13-16)19-11-12-32(24(34)33-18-8-6-17(27)7-9-18)23(22(19)31-21)14-1-3-15(4-2-14)25(28,29)30/h1-10,13,23,31H,11-12H2. The van der Waals surface area contributed by atoms with E-state index in [4.69, 9.17) is 28.6 Å². The Morgan fingerprint density at radius 2 is 1.74 bits per heavy atom. The monoisotopic (exact) mass is 504 g/mol. The summed E-state index contributed by atoms with van der Waals surface area (Å²) in [5, 5.41) is 1.70. The van der Waals surface area contributed by atoms with Crippen LogP contribution in [0.1, 0.15) is 28.4 Å². The number of fused-ring (bicyclic) bond motifs is 3. The van der Waals surface area contributed by atoms with Crippen LogP contribution in [0.4, 0.5) is 17.6 Å². The SMILES string of the molecule is Fc1ccc(OC(=S)N2CCc3c([nH]c4ccc(Cl)cc34)C2c2ccc(C(F)(F)F)cc2)cc1. The average Bonchev–Trinajstić information content (AvgIpc) is 3.17. The molecule has 1 aromatic heterocycles. The predicted molar refractivity (Wildman–Crippen MR) is 127 cm³/mol. The van der Waals surface area contributed by atoms with E-state index >= 15 is 0 Å². The molecule has 0 radical (unpaired) electrons. The van der Waals surface area contributed by atoms with Gasteiger partial charge in [-0.1, -0.05) is 23.7 Å². The molecule has 3 nitrogen and oxygen atoms in total. The number of nitrogens with one attached hydrogen (secondary N) is 1. The Morgan fingerprint density at radius 3 is 2.41 bits per heavy atom. The lowest BCUT2D eigenvalue weighted by Gasteiger charge is -2.37. The minimum absolute atomic E-state index is 0.138. The fourth-order valence-corrected chi connectivity index (χ4v) is 4.79. The van der Waals surface area contributed by atoms with Gasteiger partial charge in [0, 0.05) is 28.2 Å². The van der Waals surface area contributed by atoms with Gasteiger partial charge < -0.3 is 14.6 Å². The van der Waals surface area contributed by atoms with E-state index in [1.807, 2.05) is 17.0 Å². The second-order valence-corrected chi connectivity index (χ2v) is 8.78. The van der Waals surface area contributed by atoms with E-state index in [9.17, 15) is 17.6 Å². The molecule has 1 unspecified atom stereocenters. The Hall–Kier alpha value is -3.10. The first kappa shape index (κ1) is 22.7. The fourth-order valence-electron chi connectivity index (χ4n) is 4.32. The van der Waals surface area contributed by atoms with Crippen LogP contribution in [0, 0.1) is 5.82 Å². The van der Waals surface area contributed by atoms with Crippen LogP contribution in [0.2, 0.25) is 5.02 Å². The van der Waals surface area contributed by atoms with Crippen LogP contribution in [0.25, 0.3) is 10.9 Å². The summed E-state index contributed by atoms with van der Waals surface area (Å²) in [7, 11) is 0. The number of alkyl halides is 3. The number of aromatic nitrogens is 1. The van der Waals surface area contributed by atoms with E-state index in [2.05, 4.69) is 4.98 Å². The van der Waals surface area contributed by atoms with Crippen molar-refractivity contribution in [3.63, 3.8) is 0 Å². The molecule has 34 heavy (non-hydrogen) atoms. The lowest BCUT2D eigenvalue weighted by molar-refractivity contribution is -0.137. The van der Waals surface area contributed by atoms with Gasteiger partial charge in [-0.15, -0.1) is 0 Å². The summed E-state index contributed by atoms with van der Waals surface area (Å²) in [4.78, 5) is 5.23. The molecule has 0 saturated carbocycles. The van der Waals surface area contributed by atoms with Crippen LogP contribution < -0.4 is 4.74 Å². The van der Waals surface area contributed by atoms with E-state index in [-0.39, 0.29) is 5.17 Å². The molecule has 0 spiro atoms. The van der Waals surface area contributed by atoms with Crippen molar-refractivity contribution in [2.45, 2.75) is 18.6 Å². The van der Waals surface area contributed by atoms with Gasteiger partial charge in [0.2, 0.25) is 0 Å². The number of rotatable bonds is 2. The number of ether oxygens (including phenoxy) is 1. The Morgan fingerprint density at radius 1 is 1.03 bits per heavy atom. The molecule has 0 bridgehead atoms. The molecular weight excluding hydrogens is 488 g/mol. The lowest BCUT2D eigenvalue weighted by atomic mass is 9.92. The zero-order valence-corrected chi connectivity index (χ0v) is 19.1. The van der Waals surface area contributed by atoms with Crippen molar-refractivity contribution in [2.75, 3.05) is 6.54 Å². The molecule has 9 heteroatoms. The van der Waals surface area contributed by atoms with Gasteiger partial charge in [0.05, 0.1) is 11.6 Å². The number of thiocarbonyl (C=S) groups is 1. The average molecular weight is 505 g/mol. The first-order valence-electron chi connectivity index (χ1n) is 10.4. The molecule has 1 aliphatic rings. The Balaban J connectivity index is 1.57. The van der Waals surface area contributed by atoms with Gasteiger partial charge in [0.15, 0.2) is 0 Å². The highest BCUT2D eigenvalue weighted by Gasteiger charge is 2.35. The van der Waals surface area contributed by atoms with Crippen LogP contribution in [0.15, 0.2) is 66.7 Å².